The zero-order valence-corrected chi connectivity index (χ0v) is 10.7. The molecule has 0 aliphatic heterocycles. The number of nitrogens with zero attached hydrogens (tertiary/aromatic N) is 2. The lowest BCUT2D eigenvalue weighted by molar-refractivity contribution is 0.586. The summed E-state index contributed by atoms with van der Waals surface area (Å²) < 4.78 is 14.3. The van der Waals surface area contributed by atoms with Crippen LogP contribution in [0.3, 0.4) is 0 Å². The summed E-state index contributed by atoms with van der Waals surface area (Å²) in [7, 11) is 0. The summed E-state index contributed by atoms with van der Waals surface area (Å²) in [5.41, 5.74) is 0.650. The Morgan fingerprint density at radius 1 is 1.41 bits per heavy atom. The Labute approximate surface area is 107 Å². The van der Waals surface area contributed by atoms with Gasteiger partial charge in [0.15, 0.2) is 0 Å². The van der Waals surface area contributed by atoms with Gasteiger partial charge in [0.2, 0.25) is 0 Å². The fourth-order valence-electron chi connectivity index (χ4n) is 1.46. The Bertz CT molecular complexity index is 472. The van der Waals surface area contributed by atoms with E-state index in [1.807, 2.05) is 0 Å². The molecular weight excluding hydrogens is 287 g/mol. The van der Waals surface area contributed by atoms with Gasteiger partial charge in [0.25, 0.3) is 0 Å². The average molecular weight is 299 g/mol. The second-order valence-electron chi connectivity index (χ2n) is 3.59. The molecule has 4 nitrogen and oxygen atoms in total. The van der Waals surface area contributed by atoms with Crippen molar-refractivity contribution in [3.63, 3.8) is 0 Å². The van der Waals surface area contributed by atoms with E-state index in [1.54, 1.807) is 12.1 Å². The minimum absolute atomic E-state index is 0.194. The number of aromatic nitrogens is 3. The number of hydrogen-bond donors (Lipinski definition) is 2. The summed E-state index contributed by atoms with van der Waals surface area (Å²) in [5, 5.41) is 9.69. The fraction of sp³-hybridized carbons (Fsp3) is 0.273. The summed E-state index contributed by atoms with van der Waals surface area (Å²) in [6, 6.07) is 4.92. The van der Waals surface area contributed by atoms with Crippen LogP contribution in [0.15, 0.2) is 29.0 Å². The van der Waals surface area contributed by atoms with E-state index in [-0.39, 0.29) is 5.82 Å². The largest absolute Gasteiger partial charge is 0.312 e. The van der Waals surface area contributed by atoms with Crippen LogP contribution in [0.4, 0.5) is 4.39 Å². The molecule has 17 heavy (non-hydrogen) atoms. The van der Waals surface area contributed by atoms with Gasteiger partial charge in [-0.05, 0) is 18.2 Å². The molecular formula is C11H12BrFN4. The van der Waals surface area contributed by atoms with E-state index in [0.717, 1.165) is 23.3 Å². The SMILES string of the molecule is Fc1ccc(Br)cc1CNCCc1ncn[nH]1. The highest BCUT2D eigenvalue weighted by Crippen LogP contribution is 2.15. The van der Waals surface area contributed by atoms with Gasteiger partial charge in [0, 0.05) is 29.5 Å². The standard InChI is InChI=1S/C11H12BrFN4/c12-9-1-2-10(13)8(5-9)6-14-4-3-11-15-7-16-17-11/h1-2,5,7,14H,3-4,6H2,(H,15,16,17). The Balaban J connectivity index is 1.80. The quantitative estimate of drug-likeness (QED) is 0.831. The highest BCUT2D eigenvalue weighted by molar-refractivity contribution is 9.10. The molecule has 0 unspecified atom stereocenters. The minimum atomic E-state index is -0.194. The van der Waals surface area contributed by atoms with Gasteiger partial charge in [0.1, 0.15) is 18.0 Å². The molecule has 0 amide bonds. The molecule has 1 aromatic heterocycles. The van der Waals surface area contributed by atoms with Gasteiger partial charge in [0.05, 0.1) is 0 Å². The van der Waals surface area contributed by atoms with E-state index in [9.17, 15) is 4.39 Å². The summed E-state index contributed by atoms with van der Waals surface area (Å²) in [5.74, 6) is 0.632. The van der Waals surface area contributed by atoms with Crippen LogP contribution in [0, 0.1) is 5.82 Å². The number of benzene rings is 1. The summed E-state index contributed by atoms with van der Waals surface area (Å²) in [4.78, 5) is 4.00. The van der Waals surface area contributed by atoms with E-state index < -0.39 is 0 Å². The second kappa shape index (κ2) is 5.88. The highest BCUT2D eigenvalue weighted by atomic mass is 79.9. The van der Waals surface area contributed by atoms with Gasteiger partial charge >= 0.3 is 0 Å². The van der Waals surface area contributed by atoms with Crippen molar-refractivity contribution >= 4 is 15.9 Å². The van der Waals surface area contributed by atoms with Crippen molar-refractivity contribution in [3.05, 3.63) is 46.2 Å². The maximum atomic E-state index is 13.4. The predicted octanol–water partition coefficient (Wildman–Crippen LogP) is 2.04. The first kappa shape index (κ1) is 12.2. The molecule has 0 fully saturated rings. The molecule has 0 radical (unpaired) electrons. The maximum Gasteiger partial charge on any atom is 0.137 e. The molecule has 90 valence electrons. The summed E-state index contributed by atoms with van der Waals surface area (Å²) in [6.07, 6.45) is 2.22. The third kappa shape index (κ3) is 3.61. The van der Waals surface area contributed by atoms with Crippen molar-refractivity contribution in [3.8, 4) is 0 Å². The molecule has 0 spiro atoms. The lowest BCUT2D eigenvalue weighted by Gasteiger charge is -2.05. The smallest absolute Gasteiger partial charge is 0.137 e. The van der Waals surface area contributed by atoms with Crippen LogP contribution >= 0.6 is 15.9 Å². The van der Waals surface area contributed by atoms with Gasteiger partial charge in [-0.2, -0.15) is 5.10 Å². The maximum absolute atomic E-state index is 13.4. The number of H-pyrrole nitrogens is 1. The Morgan fingerprint density at radius 3 is 3.06 bits per heavy atom. The number of nitrogens with one attached hydrogen (secondary N) is 2. The fourth-order valence-corrected chi connectivity index (χ4v) is 1.87. The van der Waals surface area contributed by atoms with Gasteiger partial charge in [-0.15, -0.1) is 0 Å². The predicted molar refractivity (Wildman–Crippen MR) is 65.9 cm³/mol. The van der Waals surface area contributed by atoms with Crippen LogP contribution in [-0.2, 0) is 13.0 Å². The van der Waals surface area contributed by atoms with Crippen LogP contribution < -0.4 is 5.32 Å². The Kier molecular flexibility index (Phi) is 4.22. The minimum Gasteiger partial charge on any atom is -0.312 e. The molecule has 0 saturated carbocycles. The van der Waals surface area contributed by atoms with E-state index in [0.29, 0.717) is 12.1 Å². The van der Waals surface area contributed by atoms with Crippen molar-refractivity contribution in [2.45, 2.75) is 13.0 Å². The number of aromatic amines is 1. The monoisotopic (exact) mass is 298 g/mol. The Morgan fingerprint density at radius 2 is 2.29 bits per heavy atom. The summed E-state index contributed by atoms with van der Waals surface area (Å²) >= 11 is 3.32. The van der Waals surface area contributed by atoms with E-state index in [1.165, 1.54) is 12.4 Å². The molecule has 1 heterocycles. The van der Waals surface area contributed by atoms with E-state index >= 15 is 0 Å². The molecule has 1 aromatic carbocycles. The first-order valence-corrected chi connectivity index (χ1v) is 6.04. The van der Waals surface area contributed by atoms with Crippen LogP contribution in [-0.4, -0.2) is 21.7 Å². The van der Waals surface area contributed by atoms with Gasteiger partial charge in [-0.25, -0.2) is 9.37 Å². The third-order valence-corrected chi connectivity index (χ3v) is 2.82. The zero-order chi connectivity index (χ0) is 12.1. The first-order valence-electron chi connectivity index (χ1n) is 5.24. The normalized spacial score (nSPS) is 10.7. The van der Waals surface area contributed by atoms with Gasteiger partial charge in [-0.1, -0.05) is 15.9 Å². The lowest BCUT2D eigenvalue weighted by atomic mass is 10.2. The lowest BCUT2D eigenvalue weighted by Crippen LogP contribution is -2.18. The van der Waals surface area contributed by atoms with Crippen molar-refractivity contribution in [2.24, 2.45) is 0 Å². The van der Waals surface area contributed by atoms with Gasteiger partial charge in [-0.3, -0.25) is 5.10 Å². The highest BCUT2D eigenvalue weighted by Gasteiger charge is 2.02. The number of hydrogen-bond acceptors (Lipinski definition) is 3. The van der Waals surface area contributed by atoms with Crippen LogP contribution in [0.2, 0.25) is 0 Å². The molecule has 0 atom stereocenters. The second-order valence-corrected chi connectivity index (χ2v) is 4.51. The van der Waals surface area contributed by atoms with Crippen molar-refractivity contribution in [1.29, 1.82) is 0 Å². The average Bonchev–Trinajstić information content (AvgIpc) is 2.82. The van der Waals surface area contributed by atoms with Gasteiger partial charge < -0.3 is 5.32 Å². The molecule has 2 rings (SSSR count). The van der Waals surface area contributed by atoms with E-state index in [4.69, 9.17) is 0 Å². The van der Waals surface area contributed by atoms with Crippen molar-refractivity contribution < 1.29 is 4.39 Å². The molecule has 2 aromatic rings. The molecule has 2 N–H and O–H groups in total. The summed E-state index contributed by atoms with van der Waals surface area (Å²) in [6.45, 7) is 1.22. The van der Waals surface area contributed by atoms with Crippen LogP contribution in [0.25, 0.3) is 0 Å². The molecule has 0 saturated heterocycles. The van der Waals surface area contributed by atoms with Crippen LogP contribution in [0.5, 0.6) is 0 Å². The van der Waals surface area contributed by atoms with E-state index in [2.05, 4.69) is 36.4 Å². The number of halogens is 2. The molecule has 0 aliphatic carbocycles. The van der Waals surface area contributed by atoms with Crippen LogP contribution in [0.1, 0.15) is 11.4 Å². The number of rotatable bonds is 5. The zero-order valence-electron chi connectivity index (χ0n) is 9.08. The Hall–Kier alpha value is -1.27. The third-order valence-electron chi connectivity index (χ3n) is 2.33. The topological polar surface area (TPSA) is 53.6 Å². The van der Waals surface area contributed by atoms with Crippen molar-refractivity contribution in [2.75, 3.05) is 6.54 Å². The molecule has 0 aliphatic rings. The molecule has 0 bridgehead atoms. The van der Waals surface area contributed by atoms with Crippen molar-refractivity contribution in [1.82, 2.24) is 20.5 Å². The molecule has 6 heteroatoms. The first-order chi connectivity index (χ1) is 8.25.